The van der Waals surface area contributed by atoms with Crippen LogP contribution >= 0.6 is 0 Å². The van der Waals surface area contributed by atoms with Crippen LogP contribution in [0.3, 0.4) is 0 Å². The summed E-state index contributed by atoms with van der Waals surface area (Å²) < 4.78 is 0. The fraction of sp³-hybridized carbons (Fsp3) is 0.636. The molecule has 2 N–H and O–H groups in total. The van der Waals surface area contributed by atoms with Crippen LogP contribution in [0.2, 0.25) is 0 Å². The minimum Gasteiger partial charge on any atom is -0.325 e. The van der Waals surface area contributed by atoms with E-state index in [-0.39, 0.29) is 6.04 Å². The molecule has 0 amide bonds. The molecule has 0 saturated heterocycles. The van der Waals surface area contributed by atoms with Crippen LogP contribution in [0.4, 0.5) is 0 Å². The third kappa shape index (κ3) is 1.46. The molecule has 0 aromatic carbocycles. The zero-order chi connectivity index (χ0) is 8.55. The van der Waals surface area contributed by atoms with Gasteiger partial charge in [0.2, 0.25) is 0 Å². The molecule has 0 radical (unpaired) electrons. The molecule has 1 heteroatoms. The van der Waals surface area contributed by atoms with Gasteiger partial charge >= 0.3 is 0 Å². The summed E-state index contributed by atoms with van der Waals surface area (Å²) >= 11 is 0. The lowest BCUT2D eigenvalue weighted by atomic mass is 9.93. The van der Waals surface area contributed by atoms with Crippen LogP contribution < -0.4 is 5.73 Å². The SMILES string of the molecule is CC(N)/C=C/C1CC2C=CC1C2. The smallest absolute Gasteiger partial charge is 0.0194 e. The van der Waals surface area contributed by atoms with Gasteiger partial charge in [-0.1, -0.05) is 24.3 Å². The van der Waals surface area contributed by atoms with E-state index in [2.05, 4.69) is 24.3 Å². The van der Waals surface area contributed by atoms with E-state index in [9.17, 15) is 0 Å². The highest BCUT2D eigenvalue weighted by molar-refractivity contribution is 5.14. The van der Waals surface area contributed by atoms with Crippen LogP contribution in [0.5, 0.6) is 0 Å². The average molecular weight is 163 g/mol. The zero-order valence-corrected chi connectivity index (χ0v) is 7.61. The highest BCUT2D eigenvalue weighted by Crippen LogP contribution is 2.43. The lowest BCUT2D eigenvalue weighted by Gasteiger charge is -2.13. The van der Waals surface area contributed by atoms with Crippen LogP contribution in [0.1, 0.15) is 19.8 Å². The lowest BCUT2D eigenvalue weighted by Crippen LogP contribution is -2.12. The first-order valence-corrected chi connectivity index (χ1v) is 4.88. The van der Waals surface area contributed by atoms with Crippen LogP contribution in [-0.2, 0) is 0 Å². The predicted molar refractivity (Wildman–Crippen MR) is 51.6 cm³/mol. The second kappa shape index (κ2) is 3.06. The van der Waals surface area contributed by atoms with Gasteiger partial charge in [-0.3, -0.25) is 0 Å². The Morgan fingerprint density at radius 2 is 2.25 bits per heavy atom. The summed E-state index contributed by atoms with van der Waals surface area (Å²) in [4.78, 5) is 0. The maximum absolute atomic E-state index is 5.66. The maximum atomic E-state index is 5.66. The first-order valence-electron chi connectivity index (χ1n) is 4.88. The lowest BCUT2D eigenvalue weighted by molar-refractivity contribution is 0.547. The molecular weight excluding hydrogens is 146 g/mol. The molecule has 2 aliphatic rings. The summed E-state index contributed by atoms with van der Waals surface area (Å²) in [6, 6.07) is 0.216. The maximum Gasteiger partial charge on any atom is 0.0194 e. The van der Waals surface area contributed by atoms with Crippen molar-refractivity contribution in [1.29, 1.82) is 0 Å². The van der Waals surface area contributed by atoms with Crippen molar-refractivity contribution in [2.24, 2.45) is 23.5 Å². The van der Waals surface area contributed by atoms with Crippen LogP contribution in [0.25, 0.3) is 0 Å². The van der Waals surface area contributed by atoms with E-state index in [0.29, 0.717) is 0 Å². The molecule has 1 fully saturated rings. The van der Waals surface area contributed by atoms with Gasteiger partial charge in [0.15, 0.2) is 0 Å². The van der Waals surface area contributed by atoms with E-state index in [1.807, 2.05) is 6.92 Å². The van der Waals surface area contributed by atoms with Crippen molar-refractivity contribution in [2.45, 2.75) is 25.8 Å². The summed E-state index contributed by atoms with van der Waals surface area (Å²) in [5, 5.41) is 0. The van der Waals surface area contributed by atoms with Gasteiger partial charge in [-0.15, -0.1) is 0 Å². The van der Waals surface area contributed by atoms with Gasteiger partial charge in [0.05, 0.1) is 0 Å². The van der Waals surface area contributed by atoms with Crippen molar-refractivity contribution in [3.05, 3.63) is 24.3 Å². The number of hydrogen-bond acceptors (Lipinski definition) is 1. The molecule has 12 heavy (non-hydrogen) atoms. The van der Waals surface area contributed by atoms with E-state index in [4.69, 9.17) is 5.73 Å². The molecule has 1 saturated carbocycles. The molecular formula is C11H17N. The van der Waals surface area contributed by atoms with Gasteiger partial charge in [-0.25, -0.2) is 0 Å². The quantitative estimate of drug-likeness (QED) is 0.620. The van der Waals surface area contributed by atoms with E-state index in [1.165, 1.54) is 12.8 Å². The molecule has 1 nitrogen and oxygen atoms in total. The Morgan fingerprint density at radius 3 is 2.75 bits per heavy atom. The first kappa shape index (κ1) is 8.06. The highest BCUT2D eigenvalue weighted by atomic mass is 14.6. The van der Waals surface area contributed by atoms with E-state index in [0.717, 1.165) is 17.8 Å². The Balaban J connectivity index is 1.95. The van der Waals surface area contributed by atoms with E-state index in [1.54, 1.807) is 0 Å². The van der Waals surface area contributed by atoms with Gasteiger partial charge in [-0.2, -0.15) is 0 Å². The Bertz CT molecular complexity index is 215. The van der Waals surface area contributed by atoms with Crippen molar-refractivity contribution in [3.8, 4) is 0 Å². The third-order valence-corrected chi connectivity index (χ3v) is 2.99. The molecule has 0 aromatic heterocycles. The third-order valence-electron chi connectivity index (χ3n) is 2.99. The Morgan fingerprint density at radius 1 is 1.42 bits per heavy atom. The van der Waals surface area contributed by atoms with Crippen molar-refractivity contribution in [3.63, 3.8) is 0 Å². The molecule has 0 spiro atoms. The standard InChI is InChI=1S/C11H17N/c1-8(12)2-4-10-6-9-3-5-11(10)7-9/h2-5,8-11H,6-7,12H2,1H3/b4-2+. The number of rotatable bonds is 2. The molecule has 66 valence electrons. The van der Waals surface area contributed by atoms with E-state index >= 15 is 0 Å². The second-order valence-electron chi connectivity index (χ2n) is 4.19. The summed E-state index contributed by atoms with van der Waals surface area (Å²) in [6.07, 6.45) is 11.9. The van der Waals surface area contributed by atoms with Gasteiger partial charge in [0.25, 0.3) is 0 Å². The van der Waals surface area contributed by atoms with Gasteiger partial charge in [-0.05, 0) is 37.5 Å². The van der Waals surface area contributed by atoms with E-state index < -0.39 is 0 Å². The monoisotopic (exact) mass is 163 g/mol. The molecule has 0 aromatic rings. The van der Waals surface area contributed by atoms with Crippen LogP contribution in [0, 0.1) is 17.8 Å². The zero-order valence-electron chi connectivity index (χ0n) is 7.61. The summed E-state index contributed by atoms with van der Waals surface area (Å²) in [6.45, 7) is 2.03. The number of nitrogens with two attached hydrogens (primary N) is 1. The molecule has 0 heterocycles. The van der Waals surface area contributed by atoms with Crippen LogP contribution in [0.15, 0.2) is 24.3 Å². The summed E-state index contributed by atoms with van der Waals surface area (Å²) in [5.41, 5.74) is 5.66. The topological polar surface area (TPSA) is 26.0 Å². The fourth-order valence-electron chi connectivity index (χ4n) is 2.36. The minimum absolute atomic E-state index is 0.216. The van der Waals surface area contributed by atoms with Crippen molar-refractivity contribution < 1.29 is 0 Å². The normalized spacial score (nSPS) is 41.3. The summed E-state index contributed by atoms with van der Waals surface area (Å²) in [5.74, 6) is 2.48. The van der Waals surface area contributed by atoms with Crippen molar-refractivity contribution in [2.75, 3.05) is 0 Å². The highest BCUT2D eigenvalue weighted by Gasteiger charge is 2.33. The molecule has 2 bridgehead atoms. The molecule has 4 atom stereocenters. The van der Waals surface area contributed by atoms with Crippen molar-refractivity contribution >= 4 is 0 Å². The van der Waals surface area contributed by atoms with Gasteiger partial charge < -0.3 is 5.73 Å². The Labute approximate surface area is 74.3 Å². The average Bonchev–Trinajstić information content (AvgIpc) is 2.60. The second-order valence-corrected chi connectivity index (χ2v) is 4.19. The van der Waals surface area contributed by atoms with Gasteiger partial charge in [0.1, 0.15) is 0 Å². The first-order chi connectivity index (χ1) is 5.75. The Hall–Kier alpha value is -0.560. The molecule has 2 aliphatic carbocycles. The largest absolute Gasteiger partial charge is 0.325 e. The molecule has 2 rings (SSSR count). The van der Waals surface area contributed by atoms with Crippen LogP contribution in [-0.4, -0.2) is 6.04 Å². The van der Waals surface area contributed by atoms with Gasteiger partial charge in [0, 0.05) is 6.04 Å². The number of hydrogen-bond donors (Lipinski definition) is 1. The summed E-state index contributed by atoms with van der Waals surface area (Å²) in [7, 11) is 0. The van der Waals surface area contributed by atoms with Crippen molar-refractivity contribution in [1.82, 2.24) is 0 Å². The number of fused-ring (bicyclic) bond motifs is 2. The Kier molecular flexibility index (Phi) is 2.05. The fourth-order valence-corrected chi connectivity index (χ4v) is 2.36. The molecule has 4 unspecified atom stereocenters. The predicted octanol–water partition coefficient (Wildman–Crippen LogP) is 2.10. The molecule has 0 aliphatic heterocycles. The minimum atomic E-state index is 0.216. The number of allylic oxidation sites excluding steroid dienone is 3.